The van der Waals surface area contributed by atoms with Crippen LogP contribution in [-0.4, -0.2) is 25.9 Å². The van der Waals surface area contributed by atoms with Crippen molar-refractivity contribution in [2.75, 3.05) is 19.0 Å². The van der Waals surface area contributed by atoms with Crippen molar-refractivity contribution in [2.45, 2.75) is 38.3 Å². The Morgan fingerprint density at radius 1 is 1.50 bits per heavy atom. The van der Waals surface area contributed by atoms with Gasteiger partial charge in [0.25, 0.3) is 0 Å². The van der Waals surface area contributed by atoms with Crippen molar-refractivity contribution in [3.8, 4) is 5.75 Å². The molecule has 4 heteroatoms. The van der Waals surface area contributed by atoms with Gasteiger partial charge in [-0.1, -0.05) is 18.5 Å². The molecule has 1 saturated heterocycles. The highest BCUT2D eigenvalue weighted by atomic mass is 35.5. The summed E-state index contributed by atoms with van der Waals surface area (Å²) in [5, 5.41) is 4.23. The van der Waals surface area contributed by atoms with Crippen LogP contribution in [0.15, 0.2) is 18.2 Å². The van der Waals surface area contributed by atoms with Crippen LogP contribution in [0, 0.1) is 0 Å². The lowest BCUT2D eigenvalue weighted by Crippen LogP contribution is -2.33. The molecule has 18 heavy (non-hydrogen) atoms. The van der Waals surface area contributed by atoms with Crippen molar-refractivity contribution in [1.82, 2.24) is 0 Å². The topological polar surface area (TPSA) is 30.5 Å². The molecule has 0 bridgehead atoms. The monoisotopic (exact) mass is 269 g/mol. The van der Waals surface area contributed by atoms with Gasteiger partial charge in [-0.05, 0) is 31.4 Å². The predicted molar refractivity (Wildman–Crippen MR) is 74.7 cm³/mol. The van der Waals surface area contributed by atoms with Crippen molar-refractivity contribution < 1.29 is 9.47 Å². The Morgan fingerprint density at radius 3 is 3.06 bits per heavy atom. The predicted octanol–water partition coefficient (Wildman–Crippen LogP) is 3.72. The van der Waals surface area contributed by atoms with Crippen LogP contribution in [0.5, 0.6) is 5.75 Å². The third-order valence-electron chi connectivity index (χ3n) is 3.36. The zero-order valence-electron chi connectivity index (χ0n) is 10.9. The van der Waals surface area contributed by atoms with E-state index in [2.05, 4.69) is 12.2 Å². The average Bonchev–Trinajstić information content (AvgIpc) is 2.41. The minimum absolute atomic E-state index is 0.362. The number of hydrogen-bond acceptors (Lipinski definition) is 3. The molecule has 0 aliphatic carbocycles. The summed E-state index contributed by atoms with van der Waals surface area (Å²) >= 11 is 6.19. The molecular weight excluding hydrogens is 250 g/mol. The molecule has 1 aliphatic heterocycles. The minimum Gasteiger partial charge on any atom is -0.497 e. The Balaban J connectivity index is 2.04. The van der Waals surface area contributed by atoms with Crippen LogP contribution >= 0.6 is 11.6 Å². The zero-order valence-corrected chi connectivity index (χ0v) is 11.7. The fourth-order valence-corrected chi connectivity index (χ4v) is 2.43. The van der Waals surface area contributed by atoms with Gasteiger partial charge in [0.2, 0.25) is 0 Å². The van der Waals surface area contributed by atoms with E-state index in [0.717, 1.165) is 42.3 Å². The SMILES string of the molecule is CCC1CC(Nc2cc(OC)ccc2Cl)CCO1. The van der Waals surface area contributed by atoms with Gasteiger partial charge >= 0.3 is 0 Å². The molecule has 3 nitrogen and oxygen atoms in total. The summed E-state index contributed by atoms with van der Waals surface area (Å²) in [6, 6.07) is 6.10. The molecule has 100 valence electrons. The lowest BCUT2D eigenvalue weighted by molar-refractivity contribution is 0.00926. The lowest BCUT2D eigenvalue weighted by Gasteiger charge is -2.30. The first-order valence-electron chi connectivity index (χ1n) is 6.44. The third-order valence-corrected chi connectivity index (χ3v) is 3.69. The number of hydrogen-bond donors (Lipinski definition) is 1. The maximum Gasteiger partial charge on any atom is 0.121 e. The molecule has 1 aromatic carbocycles. The smallest absolute Gasteiger partial charge is 0.121 e. The molecule has 0 saturated carbocycles. The number of benzene rings is 1. The van der Waals surface area contributed by atoms with E-state index >= 15 is 0 Å². The second-order valence-electron chi connectivity index (χ2n) is 4.61. The minimum atomic E-state index is 0.362. The van der Waals surface area contributed by atoms with Crippen molar-refractivity contribution in [1.29, 1.82) is 0 Å². The van der Waals surface area contributed by atoms with E-state index in [1.54, 1.807) is 7.11 Å². The van der Waals surface area contributed by atoms with Gasteiger partial charge in [-0.15, -0.1) is 0 Å². The summed E-state index contributed by atoms with van der Waals surface area (Å²) in [6.07, 6.45) is 3.47. The Kier molecular flexibility index (Phi) is 4.72. The van der Waals surface area contributed by atoms with Gasteiger partial charge in [0, 0.05) is 18.7 Å². The van der Waals surface area contributed by atoms with Crippen LogP contribution in [-0.2, 0) is 4.74 Å². The molecule has 0 radical (unpaired) electrons. The lowest BCUT2D eigenvalue weighted by atomic mass is 10.0. The van der Waals surface area contributed by atoms with Crippen LogP contribution in [0.1, 0.15) is 26.2 Å². The van der Waals surface area contributed by atoms with Gasteiger partial charge in [-0.2, -0.15) is 0 Å². The molecule has 2 rings (SSSR count). The summed E-state index contributed by atoms with van der Waals surface area (Å²) in [7, 11) is 1.66. The summed E-state index contributed by atoms with van der Waals surface area (Å²) in [6.45, 7) is 2.98. The molecule has 0 spiro atoms. The molecule has 1 aliphatic rings. The van der Waals surface area contributed by atoms with Gasteiger partial charge in [-0.3, -0.25) is 0 Å². The van der Waals surface area contributed by atoms with Crippen LogP contribution in [0.4, 0.5) is 5.69 Å². The first-order chi connectivity index (χ1) is 8.72. The quantitative estimate of drug-likeness (QED) is 0.904. The Labute approximate surface area is 113 Å². The fraction of sp³-hybridized carbons (Fsp3) is 0.571. The van der Waals surface area contributed by atoms with E-state index in [-0.39, 0.29) is 0 Å². The summed E-state index contributed by atoms with van der Waals surface area (Å²) in [5.41, 5.74) is 0.942. The van der Waals surface area contributed by atoms with E-state index in [4.69, 9.17) is 21.1 Å². The number of methoxy groups -OCH3 is 1. The van der Waals surface area contributed by atoms with Gasteiger partial charge in [-0.25, -0.2) is 0 Å². The third kappa shape index (κ3) is 3.30. The molecule has 1 fully saturated rings. The summed E-state index contributed by atoms with van der Waals surface area (Å²) in [4.78, 5) is 0. The van der Waals surface area contributed by atoms with Crippen molar-refractivity contribution in [2.24, 2.45) is 0 Å². The van der Waals surface area contributed by atoms with E-state index in [1.165, 1.54) is 0 Å². The first kappa shape index (κ1) is 13.5. The van der Waals surface area contributed by atoms with Crippen LogP contribution < -0.4 is 10.1 Å². The van der Waals surface area contributed by atoms with Crippen LogP contribution in [0.2, 0.25) is 5.02 Å². The molecule has 1 heterocycles. The molecule has 0 aromatic heterocycles. The van der Waals surface area contributed by atoms with Gasteiger partial charge in [0.1, 0.15) is 5.75 Å². The molecule has 1 aromatic rings. The Morgan fingerprint density at radius 2 is 2.33 bits per heavy atom. The van der Waals surface area contributed by atoms with E-state index in [0.29, 0.717) is 12.1 Å². The largest absolute Gasteiger partial charge is 0.497 e. The van der Waals surface area contributed by atoms with Crippen molar-refractivity contribution >= 4 is 17.3 Å². The van der Waals surface area contributed by atoms with E-state index in [1.807, 2.05) is 18.2 Å². The number of halogens is 1. The van der Waals surface area contributed by atoms with Gasteiger partial charge in [0.15, 0.2) is 0 Å². The highest BCUT2D eigenvalue weighted by Crippen LogP contribution is 2.29. The van der Waals surface area contributed by atoms with E-state index < -0.39 is 0 Å². The zero-order chi connectivity index (χ0) is 13.0. The van der Waals surface area contributed by atoms with Crippen LogP contribution in [0.25, 0.3) is 0 Å². The number of ether oxygens (including phenoxy) is 2. The van der Waals surface area contributed by atoms with Crippen molar-refractivity contribution in [3.05, 3.63) is 23.2 Å². The highest BCUT2D eigenvalue weighted by molar-refractivity contribution is 6.33. The second-order valence-corrected chi connectivity index (χ2v) is 5.02. The summed E-state index contributed by atoms with van der Waals surface area (Å²) < 4.78 is 10.9. The average molecular weight is 270 g/mol. The fourth-order valence-electron chi connectivity index (χ4n) is 2.26. The van der Waals surface area contributed by atoms with Gasteiger partial charge < -0.3 is 14.8 Å². The number of nitrogens with one attached hydrogen (secondary N) is 1. The maximum absolute atomic E-state index is 6.19. The highest BCUT2D eigenvalue weighted by Gasteiger charge is 2.21. The number of anilines is 1. The van der Waals surface area contributed by atoms with Crippen LogP contribution in [0.3, 0.4) is 0 Å². The molecular formula is C14H20ClNO2. The first-order valence-corrected chi connectivity index (χ1v) is 6.82. The molecule has 0 amide bonds. The molecule has 2 atom stereocenters. The van der Waals surface area contributed by atoms with E-state index in [9.17, 15) is 0 Å². The normalized spacial score (nSPS) is 23.7. The number of rotatable bonds is 4. The molecule has 2 unspecified atom stereocenters. The Bertz CT molecular complexity index is 397. The second kappa shape index (κ2) is 6.30. The Hall–Kier alpha value is -0.930. The molecule has 1 N–H and O–H groups in total. The standard InChI is InChI=1S/C14H20ClNO2/c1-3-11-8-10(6-7-18-11)16-14-9-12(17-2)4-5-13(14)15/h4-5,9-11,16H,3,6-8H2,1-2H3. The van der Waals surface area contributed by atoms with Gasteiger partial charge in [0.05, 0.1) is 23.9 Å². The maximum atomic E-state index is 6.19. The summed E-state index contributed by atoms with van der Waals surface area (Å²) in [5.74, 6) is 0.820. The van der Waals surface area contributed by atoms with Crippen molar-refractivity contribution in [3.63, 3.8) is 0 Å².